The van der Waals surface area contributed by atoms with Gasteiger partial charge < -0.3 is 0 Å². The number of rotatable bonds is 1. The van der Waals surface area contributed by atoms with Crippen molar-refractivity contribution in [3.63, 3.8) is 0 Å². The molecule has 0 aromatic carbocycles. The van der Waals surface area contributed by atoms with Gasteiger partial charge >= 0.3 is 0 Å². The fourth-order valence-corrected chi connectivity index (χ4v) is 3.08. The molecule has 2 aromatic heterocycles. The molecule has 0 spiro atoms. The Morgan fingerprint density at radius 2 is 2.16 bits per heavy atom. The molecule has 1 aliphatic carbocycles. The van der Waals surface area contributed by atoms with Crippen LogP contribution in [0.4, 0.5) is 0 Å². The summed E-state index contributed by atoms with van der Waals surface area (Å²) in [5, 5.41) is 11.8. The Labute approximate surface area is 110 Å². The number of hydrogen-bond donors (Lipinski definition) is 1. The maximum Gasteiger partial charge on any atom is 0.276 e. The van der Waals surface area contributed by atoms with Gasteiger partial charge in [-0.25, -0.2) is 9.50 Å². The van der Waals surface area contributed by atoms with Crippen molar-refractivity contribution >= 4 is 5.65 Å². The monoisotopic (exact) mass is 256 g/mol. The molecule has 0 unspecified atom stereocenters. The summed E-state index contributed by atoms with van der Waals surface area (Å²) in [5.74, 6) is 0.319. The molecule has 0 saturated heterocycles. The Bertz CT molecular complexity index is 713. The number of nitrogens with zero attached hydrogens (tertiary/aromatic N) is 3. The highest BCUT2D eigenvalue weighted by atomic mass is 16.1. The summed E-state index contributed by atoms with van der Waals surface area (Å²) in [5.41, 5.74) is 2.40. The summed E-state index contributed by atoms with van der Waals surface area (Å²) in [4.78, 5) is 17.0. The summed E-state index contributed by atoms with van der Waals surface area (Å²) >= 11 is 0. The predicted molar refractivity (Wildman–Crippen MR) is 71.1 cm³/mol. The van der Waals surface area contributed by atoms with Gasteiger partial charge in [-0.2, -0.15) is 5.26 Å². The van der Waals surface area contributed by atoms with Crippen molar-refractivity contribution in [3.05, 3.63) is 33.4 Å². The molecule has 0 bridgehead atoms. The molecule has 1 N–H and O–H groups in total. The van der Waals surface area contributed by atoms with E-state index in [4.69, 9.17) is 5.26 Å². The number of fused-ring (bicyclic) bond motifs is 1. The molecule has 1 aliphatic rings. The van der Waals surface area contributed by atoms with E-state index in [2.05, 4.69) is 10.1 Å². The molecule has 1 fully saturated rings. The lowest BCUT2D eigenvalue weighted by atomic mass is 9.84. The summed E-state index contributed by atoms with van der Waals surface area (Å²) < 4.78 is 1.40. The van der Waals surface area contributed by atoms with Crippen LogP contribution in [0.25, 0.3) is 5.65 Å². The van der Waals surface area contributed by atoms with Crippen molar-refractivity contribution in [1.82, 2.24) is 14.6 Å². The van der Waals surface area contributed by atoms with E-state index >= 15 is 0 Å². The molecule has 0 aliphatic heterocycles. The highest BCUT2D eigenvalue weighted by Gasteiger charge is 2.23. The minimum absolute atomic E-state index is 0.0455. The lowest BCUT2D eigenvalue weighted by Gasteiger charge is -2.22. The quantitative estimate of drug-likeness (QED) is 0.850. The lowest BCUT2D eigenvalue weighted by Crippen LogP contribution is -2.25. The van der Waals surface area contributed by atoms with Crippen LogP contribution in [-0.4, -0.2) is 14.6 Å². The van der Waals surface area contributed by atoms with E-state index in [9.17, 15) is 4.79 Å². The van der Waals surface area contributed by atoms with Gasteiger partial charge in [0.2, 0.25) is 0 Å². The topological polar surface area (TPSA) is 73.9 Å². The van der Waals surface area contributed by atoms with Crippen LogP contribution in [0, 0.1) is 18.3 Å². The van der Waals surface area contributed by atoms with Crippen molar-refractivity contribution in [2.24, 2.45) is 0 Å². The zero-order valence-electron chi connectivity index (χ0n) is 10.9. The normalized spacial score (nSPS) is 16.6. The number of nitriles is 1. The molecule has 0 radical (unpaired) electrons. The number of H-pyrrole nitrogens is 1. The van der Waals surface area contributed by atoms with E-state index in [1.807, 2.05) is 13.0 Å². The minimum Gasteiger partial charge on any atom is -0.295 e. The van der Waals surface area contributed by atoms with Crippen LogP contribution in [0.1, 0.15) is 54.8 Å². The highest BCUT2D eigenvalue weighted by Crippen LogP contribution is 2.32. The van der Waals surface area contributed by atoms with Gasteiger partial charge in [-0.15, -0.1) is 0 Å². The SMILES string of the molecule is Cc1nc2c(C#N)c[nH]n2c(=O)c1C1CCCCC1. The maximum atomic E-state index is 12.6. The van der Waals surface area contributed by atoms with Crippen LogP contribution in [0.2, 0.25) is 0 Å². The largest absolute Gasteiger partial charge is 0.295 e. The van der Waals surface area contributed by atoms with Gasteiger partial charge in [0.15, 0.2) is 5.65 Å². The van der Waals surface area contributed by atoms with Gasteiger partial charge in [-0.1, -0.05) is 19.3 Å². The number of aryl methyl sites for hydroxylation is 1. The summed E-state index contributed by atoms with van der Waals surface area (Å²) in [6, 6.07) is 2.05. The average Bonchev–Trinajstić information content (AvgIpc) is 2.83. The van der Waals surface area contributed by atoms with Crippen LogP contribution in [0.3, 0.4) is 0 Å². The Balaban J connectivity index is 2.21. The summed E-state index contributed by atoms with van der Waals surface area (Å²) in [6.07, 6.45) is 7.29. The summed E-state index contributed by atoms with van der Waals surface area (Å²) in [6.45, 7) is 1.87. The van der Waals surface area contributed by atoms with Crippen LogP contribution in [0.15, 0.2) is 11.0 Å². The molecule has 2 heterocycles. The Kier molecular flexibility index (Phi) is 2.86. The average molecular weight is 256 g/mol. The second-order valence-electron chi connectivity index (χ2n) is 5.21. The van der Waals surface area contributed by atoms with Crippen LogP contribution in [-0.2, 0) is 0 Å². The van der Waals surface area contributed by atoms with Crippen molar-refractivity contribution in [3.8, 4) is 6.07 Å². The van der Waals surface area contributed by atoms with E-state index in [1.165, 1.54) is 30.0 Å². The van der Waals surface area contributed by atoms with Crippen LogP contribution >= 0.6 is 0 Å². The lowest BCUT2D eigenvalue weighted by molar-refractivity contribution is 0.437. The second-order valence-corrected chi connectivity index (χ2v) is 5.21. The molecule has 1 saturated carbocycles. The molecular formula is C14H16N4O. The number of hydrogen-bond acceptors (Lipinski definition) is 3. The first-order valence-electron chi connectivity index (χ1n) is 6.73. The summed E-state index contributed by atoms with van der Waals surface area (Å²) in [7, 11) is 0. The van der Waals surface area contributed by atoms with Gasteiger partial charge in [0.25, 0.3) is 5.56 Å². The van der Waals surface area contributed by atoms with Crippen LogP contribution < -0.4 is 5.56 Å². The smallest absolute Gasteiger partial charge is 0.276 e. The van der Waals surface area contributed by atoms with E-state index in [1.54, 1.807) is 0 Å². The van der Waals surface area contributed by atoms with Crippen molar-refractivity contribution in [2.45, 2.75) is 44.9 Å². The molecular weight excluding hydrogens is 240 g/mol. The predicted octanol–water partition coefficient (Wildman–Crippen LogP) is 2.25. The van der Waals surface area contributed by atoms with Crippen molar-refractivity contribution in [2.75, 3.05) is 0 Å². The fourth-order valence-electron chi connectivity index (χ4n) is 3.08. The molecule has 5 nitrogen and oxygen atoms in total. The molecule has 5 heteroatoms. The van der Waals surface area contributed by atoms with E-state index in [-0.39, 0.29) is 5.56 Å². The third-order valence-electron chi connectivity index (χ3n) is 4.02. The number of aromatic amines is 1. The first kappa shape index (κ1) is 12.0. The van der Waals surface area contributed by atoms with Gasteiger partial charge in [-0.3, -0.25) is 9.89 Å². The van der Waals surface area contributed by atoms with Crippen molar-refractivity contribution in [1.29, 1.82) is 5.26 Å². The first-order valence-corrected chi connectivity index (χ1v) is 6.73. The zero-order valence-corrected chi connectivity index (χ0v) is 10.9. The highest BCUT2D eigenvalue weighted by molar-refractivity contribution is 5.54. The Hall–Kier alpha value is -2.09. The minimum atomic E-state index is -0.0455. The number of aromatic nitrogens is 3. The molecule has 19 heavy (non-hydrogen) atoms. The van der Waals surface area contributed by atoms with Gasteiger partial charge in [0.1, 0.15) is 11.6 Å². The van der Waals surface area contributed by atoms with Crippen LogP contribution in [0.5, 0.6) is 0 Å². The van der Waals surface area contributed by atoms with E-state index in [0.29, 0.717) is 17.1 Å². The van der Waals surface area contributed by atoms with Gasteiger partial charge in [-0.05, 0) is 25.7 Å². The molecule has 0 atom stereocenters. The van der Waals surface area contributed by atoms with Crippen molar-refractivity contribution < 1.29 is 0 Å². The Morgan fingerprint density at radius 3 is 2.84 bits per heavy atom. The van der Waals surface area contributed by atoms with Gasteiger partial charge in [0.05, 0.1) is 0 Å². The molecule has 0 amide bonds. The second kappa shape index (κ2) is 4.54. The zero-order chi connectivity index (χ0) is 13.4. The first-order chi connectivity index (χ1) is 9.22. The number of nitrogens with one attached hydrogen (secondary N) is 1. The molecule has 3 rings (SSSR count). The third kappa shape index (κ3) is 1.84. The third-order valence-corrected chi connectivity index (χ3v) is 4.02. The molecule has 98 valence electrons. The molecule has 2 aromatic rings. The fraction of sp³-hybridized carbons (Fsp3) is 0.500. The van der Waals surface area contributed by atoms with E-state index < -0.39 is 0 Å². The van der Waals surface area contributed by atoms with E-state index in [0.717, 1.165) is 24.1 Å². The van der Waals surface area contributed by atoms with Gasteiger partial charge in [0, 0.05) is 17.5 Å². The Morgan fingerprint density at radius 1 is 1.42 bits per heavy atom. The maximum absolute atomic E-state index is 12.6. The standard InChI is InChI=1S/C14H16N4O/c1-9-12(10-5-3-2-4-6-10)14(19)18-13(17-9)11(7-15)8-16-18/h8,10,16H,2-6H2,1H3.